The maximum absolute atomic E-state index is 12.0. The van der Waals surface area contributed by atoms with Crippen molar-refractivity contribution in [3.8, 4) is 0 Å². The molecule has 1 N–H and O–H groups in total. The Morgan fingerprint density at radius 2 is 1.86 bits per heavy atom. The van der Waals surface area contributed by atoms with Gasteiger partial charge in [0.05, 0.1) is 5.56 Å². The lowest BCUT2D eigenvalue weighted by atomic mass is 10.1. The van der Waals surface area contributed by atoms with Gasteiger partial charge < -0.3 is 10.1 Å². The number of benzene rings is 1. The zero-order valence-corrected chi connectivity index (χ0v) is 14.0. The van der Waals surface area contributed by atoms with Crippen LogP contribution in [0.25, 0.3) is 0 Å². The summed E-state index contributed by atoms with van der Waals surface area (Å²) >= 11 is 1.54. The van der Waals surface area contributed by atoms with Gasteiger partial charge in [0.1, 0.15) is 0 Å². The second-order valence-corrected chi connectivity index (χ2v) is 6.73. The first-order valence-electron chi connectivity index (χ1n) is 6.98. The summed E-state index contributed by atoms with van der Waals surface area (Å²) in [6.07, 6.45) is 0. The highest BCUT2D eigenvalue weighted by molar-refractivity contribution is 7.12. The number of thiophene rings is 1. The minimum atomic E-state index is -0.461. The molecule has 2 aromatic rings. The van der Waals surface area contributed by atoms with E-state index < -0.39 is 5.97 Å². The lowest BCUT2D eigenvalue weighted by molar-refractivity contribution is -0.119. The first-order valence-corrected chi connectivity index (χ1v) is 7.79. The minimum absolute atomic E-state index is 0.291. The molecule has 1 aromatic carbocycles. The predicted molar refractivity (Wildman–Crippen MR) is 88.6 cm³/mol. The smallest absolute Gasteiger partial charge is 0.339 e. The number of aryl methyl sites for hydroxylation is 4. The number of carbonyl (C=O) groups is 2. The number of rotatable bonds is 4. The number of nitrogens with one attached hydrogen (secondary N) is 1. The van der Waals surface area contributed by atoms with Crippen LogP contribution >= 0.6 is 11.3 Å². The van der Waals surface area contributed by atoms with E-state index in [4.69, 9.17) is 4.74 Å². The fourth-order valence-corrected chi connectivity index (χ4v) is 3.09. The number of amides is 1. The highest BCUT2D eigenvalue weighted by Crippen LogP contribution is 2.21. The summed E-state index contributed by atoms with van der Waals surface area (Å²) in [5.41, 5.74) is 3.37. The van der Waals surface area contributed by atoms with Gasteiger partial charge in [-0.1, -0.05) is 17.7 Å². The molecule has 0 bridgehead atoms. The SMILES string of the molecule is Cc1ccc(NC(=O)COC(=O)c2cc(C)sc2C)c(C)c1. The van der Waals surface area contributed by atoms with Crippen molar-refractivity contribution in [1.29, 1.82) is 0 Å². The number of anilines is 1. The van der Waals surface area contributed by atoms with Crippen molar-refractivity contribution in [2.75, 3.05) is 11.9 Å². The Kier molecular flexibility index (Phi) is 4.98. The molecule has 22 heavy (non-hydrogen) atoms. The molecule has 1 aromatic heterocycles. The van der Waals surface area contributed by atoms with Crippen molar-refractivity contribution in [3.63, 3.8) is 0 Å². The van der Waals surface area contributed by atoms with E-state index in [1.54, 1.807) is 6.07 Å². The molecule has 0 spiro atoms. The van der Waals surface area contributed by atoms with Gasteiger partial charge in [-0.3, -0.25) is 4.79 Å². The zero-order chi connectivity index (χ0) is 16.3. The predicted octanol–water partition coefficient (Wildman–Crippen LogP) is 3.78. The Morgan fingerprint density at radius 1 is 1.14 bits per heavy atom. The molecule has 0 saturated heterocycles. The van der Waals surface area contributed by atoms with Gasteiger partial charge in [-0.15, -0.1) is 11.3 Å². The quantitative estimate of drug-likeness (QED) is 0.873. The van der Waals surface area contributed by atoms with Gasteiger partial charge in [0.15, 0.2) is 6.61 Å². The standard InChI is InChI=1S/C17H19NO3S/c1-10-5-6-15(11(2)7-10)18-16(19)9-21-17(20)14-8-12(3)22-13(14)4/h5-8H,9H2,1-4H3,(H,18,19). The molecule has 0 unspecified atom stereocenters. The number of hydrogen-bond donors (Lipinski definition) is 1. The Labute approximate surface area is 134 Å². The molecule has 5 heteroatoms. The van der Waals surface area contributed by atoms with Crippen LogP contribution in [-0.2, 0) is 9.53 Å². The summed E-state index contributed by atoms with van der Waals surface area (Å²) in [6, 6.07) is 7.53. The van der Waals surface area contributed by atoms with E-state index >= 15 is 0 Å². The fraction of sp³-hybridized carbons (Fsp3) is 0.294. The molecule has 1 heterocycles. The highest BCUT2D eigenvalue weighted by Gasteiger charge is 2.15. The van der Waals surface area contributed by atoms with Crippen LogP contribution in [0.1, 0.15) is 31.2 Å². The molecule has 0 saturated carbocycles. The summed E-state index contributed by atoms with van der Waals surface area (Å²) in [7, 11) is 0. The molecule has 116 valence electrons. The summed E-state index contributed by atoms with van der Waals surface area (Å²) in [5.74, 6) is -0.803. The maximum atomic E-state index is 12.0. The molecule has 0 fully saturated rings. The van der Waals surface area contributed by atoms with Crippen molar-refractivity contribution >= 4 is 28.9 Å². The van der Waals surface area contributed by atoms with Crippen LogP contribution in [-0.4, -0.2) is 18.5 Å². The summed E-state index contributed by atoms with van der Waals surface area (Å²) in [4.78, 5) is 25.8. The van der Waals surface area contributed by atoms with E-state index in [2.05, 4.69) is 5.32 Å². The van der Waals surface area contributed by atoms with Crippen LogP contribution < -0.4 is 5.32 Å². The molecule has 2 rings (SSSR count). The molecule has 1 amide bonds. The van der Waals surface area contributed by atoms with E-state index in [9.17, 15) is 9.59 Å². The van der Waals surface area contributed by atoms with Crippen LogP contribution in [0.3, 0.4) is 0 Å². The first kappa shape index (κ1) is 16.2. The van der Waals surface area contributed by atoms with Crippen molar-refractivity contribution in [3.05, 3.63) is 50.7 Å². The number of ether oxygens (including phenoxy) is 1. The van der Waals surface area contributed by atoms with Crippen LogP contribution in [0.2, 0.25) is 0 Å². The van der Waals surface area contributed by atoms with Gasteiger partial charge in [0, 0.05) is 15.4 Å². The van der Waals surface area contributed by atoms with Gasteiger partial charge in [0.25, 0.3) is 5.91 Å². The second kappa shape index (κ2) is 6.75. The van der Waals surface area contributed by atoms with E-state index in [0.717, 1.165) is 26.6 Å². The average Bonchev–Trinajstić information content (AvgIpc) is 2.78. The molecule has 0 atom stereocenters. The summed E-state index contributed by atoms with van der Waals surface area (Å²) in [6.45, 7) is 7.42. The van der Waals surface area contributed by atoms with Crippen molar-refractivity contribution in [2.45, 2.75) is 27.7 Å². The van der Waals surface area contributed by atoms with Gasteiger partial charge in [-0.25, -0.2) is 4.79 Å². The Balaban J connectivity index is 1.92. The Hall–Kier alpha value is -2.14. The van der Waals surface area contributed by atoms with Crippen molar-refractivity contribution < 1.29 is 14.3 Å². The monoisotopic (exact) mass is 317 g/mol. The largest absolute Gasteiger partial charge is 0.452 e. The third kappa shape index (κ3) is 3.95. The molecule has 4 nitrogen and oxygen atoms in total. The average molecular weight is 317 g/mol. The number of hydrogen-bond acceptors (Lipinski definition) is 4. The van der Waals surface area contributed by atoms with Gasteiger partial charge >= 0.3 is 5.97 Å². The van der Waals surface area contributed by atoms with Crippen molar-refractivity contribution in [2.24, 2.45) is 0 Å². The van der Waals surface area contributed by atoms with E-state index in [1.165, 1.54) is 11.3 Å². The van der Waals surface area contributed by atoms with Gasteiger partial charge in [-0.05, 0) is 45.4 Å². The van der Waals surface area contributed by atoms with Gasteiger partial charge in [0.2, 0.25) is 0 Å². The summed E-state index contributed by atoms with van der Waals surface area (Å²) < 4.78 is 5.08. The third-order valence-electron chi connectivity index (χ3n) is 3.25. The van der Waals surface area contributed by atoms with Crippen LogP contribution in [0.4, 0.5) is 5.69 Å². The zero-order valence-electron chi connectivity index (χ0n) is 13.1. The topological polar surface area (TPSA) is 55.4 Å². The second-order valence-electron chi connectivity index (χ2n) is 5.27. The first-order chi connectivity index (χ1) is 10.4. The lowest BCUT2D eigenvalue weighted by Gasteiger charge is -2.09. The number of esters is 1. The molecule has 0 aliphatic heterocycles. The molecule has 0 aliphatic carbocycles. The number of carbonyl (C=O) groups excluding carboxylic acids is 2. The normalized spacial score (nSPS) is 10.4. The van der Waals surface area contributed by atoms with Gasteiger partial charge in [-0.2, -0.15) is 0 Å². The Morgan fingerprint density at radius 3 is 2.45 bits per heavy atom. The molecular weight excluding hydrogens is 298 g/mol. The third-order valence-corrected chi connectivity index (χ3v) is 4.22. The molecular formula is C17H19NO3S. The van der Waals surface area contributed by atoms with Crippen LogP contribution in [0, 0.1) is 27.7 Å². The molecule has 0 aliphatic rings. The van der Waals surface area contributed by atoms with Crippen LogP contribution in [0.5, 0.6) is 0 Å². The maximum Gasteiger partial charge on any atom is 0.339 e. The van der Waals surface area contributed by atoms with E-state index in [1.807, 2.05) is 45.9 Å². The lowest BCUT2D eigenvalue weighted by Crippen LogP contribution is -2.21. The fourth-order valence-electron chi connectivity index (χ4n) is 2.18. The summed E-state index contributed by atoms with van der Waals surface area (Å²) in [5, 5.41) is 2.75. The van der Waals surface area contributed by atoms with Crippen LogP contribution in [0.15, 0.2) is 24.3 Å². The van der Waals surface area contributed by atoms with Crippen molar-refractivity contribution in [1.82, 2.24) is 0 Å². The Bertz CT molecular complexity index is 719. The van der Waals surface area contributed by atoms with E-state index in [0.29, 0.717) is 5.56 Å². The van der Waals surface area contributed by atoms with E-state index in [-0.39, 0.29) is 12.5 Å². The highest BCUT2D eigenvalue weighted by atomic mass is 32.1. The molecule has 0 radical (unpaired) electrons. The minimum Gasteiger partial charge on any atom is -0.452 e.